The molecule has 0 fully saturated rings. The van der Waals surface area contributed by atoms with E-state index in [-0.39, 0.29) is 33.1 Å². The first-order valence-electron chi connectivity index (χ1n) is 8.82. The lowest BCUT2D eigenvalue weighted by atomic mass is 9.96. The third-order valence-corrected chi connectivity index (χ3v) is 4.74. The van der Waals surface area contributed by atoms with Crippen LogP contribution in [0.15, 0.2) is 54.6 Å². The lowest BCUT2D eigenvalue weighted by Crippen LogP contribution is -2.14. The molecule has 0 bridgehead atoms. The molecule has 5 nitrogen and oxygen atoms in total. The van der Waals surface area contributed by atoms with Gasteiger partial charge >= 0.3 is 12.1 Å². The average Bonchev–Trinajstić information content (AvgIpc) is 2.68. The molecule has 0 radical (unpaired) electrons. The number of carbonyl (C=O) groups excluding carboxylic acids is 1. The summed E-state index contributed by atoms with van der Waals surface area (Å²) < 4.78 is 40.4. The van der Waals surface area contributed by atoms with Crippen molar-refractivity contribution in [1.82, 2.24) is 0 Å². The van der Waals surface area contributed by atoms with Gasteiger partial charge in [-0.05, 0) is 72.1 Å². The summed E-state index contributed by atoms with van der Waals surface area (Å²) in [5.41, 5.74) is -0.407. The number of alkyl halides is 3. The van der Waals surface area contributed by atoms with Gasteiger partial charge in [-0.1, -0.05) is 17.7 Å². The summed E-state index contributed by atoms with van der Waals surface area (Å²) in [6.45, 7) is 1.57. The summed E-state index contributed by atoms with van der Waals surface area (Å²) in [6.07, 6.45) is -4.69. The second-order valence-electron chi connectivity index (χ2n) is 6.75. The molecule has 1 amide bonds. The number of carbonyl (C=O) groups is 2. The Kier molecular flexibility index (Phi) is 5.94. The van der Waals surface area contributed by atoms with Crippen molar-refractivity contribution in [3.05, 3.63) is 81.9 Å². The largest absolute Gasteiger partial charge is 0.507 e. The summed E-state index contributed by atoms with van der Waals surface area (Å²) in [4.78, 5) is 23.6. The second-order valence-corrected chi connectivity index (χ2v) is 7.18. The van der Waals surface area contributed by atoms with E-state index in [0.717, 1.165) is 12.1 Å². The van der Waals surface area contributed by atoms with Gasteiger partial charge in [0.1, 0.15) is 5.75 Å². The smallest absolute Gasteiger partial charge is 0.416 e. The Bertz CT molecular complexity index is 1190. The third-order valence-electron chi connectivity index (χ3n) is 4.51. The van der Waals surface area contributed by atoms with Crippen LogP contribution in [-0.2, 0) is 6.18 Å². The van der Waals surface area contributed by atoms with Crippen molar-refractivity contribution < 1.29 is 33.0 Å². The molecular weight excluding hydrogens is 435 g/mol. The number of hydrogen-bond donors (Lipinski definition) is 3. The number of aromatic hydroxyl groups is 1. The molecule has 31 heavy (non-hydrogen) atoms. The first kappa shape index (κ1) is 22.2. The van der Waals surface area contributed by atoms with Crippen molar-refractivity contribution in [3.8, 4) is 16.9 Å². The van der Waals surface area contributed by atoms with Crippen LogP contribution >= 0.6 is 11.6 Å². The molecule has 0 spiro atoms. The molecule has 3 N–H and O–H groups in total. The van der Waals surface area contributed by atoms with E-state index in [0.29, 0.717) is 11.1 Å². The number of amides is 1. The van der Waals surface area contributed by atoms with E-state index >= 15 is 0 Å². The van der Waals surface area contributed by atoms with E-state index in [9.17, 15) is 27.9 Å². The number of phenols is 1. The molecule has 3 aromatic rings. The lowest BCUT2D eigenvalue weighted by Gasteiger charge is -2.15. The highest BCUT2D eigenvalue weighted by molar-refractivity contribution is 6.31. The number of carboxylic acids is 1. The van der Waals surface area contributed by atoms with Gasteiger partial charge in [0.25, 0.3) is 5.91 Å². The molecule has 9 heteroatoms. The number of carboxylic acid groups (broad SMARTS) is 1. The Morgan fingerprint density at radius 1 is 1.00 bits per heavy atom. The number of aryl methyl sites for hydroxylation is 1. The van der Waals surface area contributed by atoms with Gasteiger partial charge in [0, 0.05) is 10.7 Å². The zero-order valence-corrected chi connectivity index (χ0v) is 16.7. The molecule has 0 saturated carbocycles. The number of rotatable bonds is 4. The highest BCUT2D eigenvalue weighted by Gasteiger charge is 2.31. The summed E-state index contributed by atoms with van der Waals surface area (Å²) in [7, 11) is 0. The maximum atomic E-state index is 13.5. The number of benzene rings is 3. The Balaban J connectivity index is 2.07. The van der Waals surface area contributed by atoms with Crippen molar-refractivity contribution in [1.29, 1.82) is 0 Å². The topological polar surface area (TPSA) is 86.6 Å². The standard InChI is InChI=1S/C22H15ClF3NO4/c1-11-6-12(21(30)31)2-4-17(11)13-7-14(22(24,25)26)9-16(8-13)27-20(29)18-10-15(23)3-5-19(18)28/h2-10,28H,1H3,(H,27,29)(H,30,31). The van der Waals surface area contributed by atoms with Gasteiger partial charge in [0.2, 0.25) is 0 Å². The SMILES string of the molecule is Cc1cc(C(=O)O)ccc1-c1cc(NC(=O)c2cc(Cl)ccc2O)cc(C(F)(F)F)c1. The van der Waals surface area contributed by atoms with Crippen LogP contribution in [0.5, 0.6) is 5.75 Å². The minimum absolute atomic E-state index is 0.00168. The predicted octanol–water partition coefficient (Wildman–Crippen LogP) is 5.99. The van der Waals surface area contributed by atoms with Gasteiger partial charge in [0.05, 0.1) is 16.7 Å². The van der Waals surface area contributed by atoms with E-state index in [4.69, 9.17) is 16.7 Å². The molecule has 0 aliphatic rings. The maximum Gasteiger partial charge on any atom is 0.416 e. The fourth-order valence-electron chi connectivity index (χ4n) is 3.03. The fourth-order valence-corrected chi connectivity index (χ4v) is 3.20. The molecule has 0 saturated heterocycles. The average molecular weight is 450 g/mol. The molecule has 0 atom stereocenters. The maximum absolute atomic E-state index is 13.5. The van der Waals surface area contributed by atoms with Crippen LogP contribution in [0.1, 0.15) is 31.8 Å². The minimum Gasteiger partial charge on any atom is -0.507 e. The highest BCUT2D eigenvalue weighted by Crippen LogP contribution is 2.36. The molecule has 0 heterocycles. The van der Waals surface area contributed by atoms with E-state index in [1.807, 2.05) is 0 Å². The van der Waals surface area contributed by atoms with Crippen molar-refractivity contribution in [2.75, 3.05) is 5.32 Å². The number of aromatic carboxylic acids is 1. The Morgan fingerprint density at radius 3 is 2.32 bits per heavy atom. The van der Waals surface area contributed by atoms with Crippen LogP contribution in [0.25, 0.3) is 11.1 Å². The number of anilines is 1. The summed E-state index contributed by atoms with van der Waals surface area (Å²) in [5, 5.41) is 21.5. The molecular formula is C22H15ClF3NO4. The quantitative estimate of drug-likeness (QED) is 0.456. The van der Waals surface area contributed by atoms with Gasteiger partial charge in [-0.3, -0.25) is 4.79 Å². The molecule has 3 aromatic carbocycles. The highest BCUT2D eigenvalue weighted by atomic mass is 35.5. The van der Waals surface area contributed by atoms with Crippen molar-refractivity contribution in [2.45, 2.75) is 13.1 Å². The molecule has 0 aliphatic carbocycles. The van der Waals surface area contributed by atoms with Crippen molar-refractivity contribution in [2.24, 2.45) is 0 Å². The van der Waals surface area contributed by atoms with Gasteiger partial charge in [-0.2, -0.15) is 13.2 Å². The Hall–Kier alpha value is -3.52. The van der Waals surface area contributed by atoms with Crippen molar-refractivity contribution >= 4 is 29.2 Å². The molecule has 3 rings (SSSR count). The summed E-state index contributed by atoms with van der Waals surface area (Å²) >= 11 is 5.82. The minimum atomic E-state index is -4.69. The lowest BCUT2D eigenvalue weighted by molar-refractivity contribution is -0.137. The van der Waals surface area contributed by atoms with Crippen LogP contribution < -0.4 is 5.32 Å². The van der Waals surface area contributed by atoms with Crippen LogP contribution in [-0.4, -0.2) is 22.1 Å². The number of nitrogens with one attached hydrogen (secondary N) is 1. The van der Waals surface area contributed by atoms with E-state index in [1.165, 1.54) is 42.5 Å². The molecule has 0 aliphatic heterocycles. The van der Waals surface area contributed by atoms with E-state index in [2.05, 4.69) is 5.32 Å². The number of hydrogen-bond acceptors (Lipinski definition) is 3. The Morgan fingerprint density at radius 2 is 1.71 bits per heavy atom. The van der Waals surface area contributed by atoms with Crippen LogP contribution in [0.3, 0.4) is 0 Å². The van der Waals surface area contributed by atoms with E-state index < -0.39 is 23.6 Å². The predicted molar refractivity (Wildman–Crippen MR) is 110 cm³/mol. The van der Waals surface area contributed by atoms with E-state index in [1.54, 1.807) is 6.92 Å². The van der Waals surface area contributed by atoms with Gasteiger partial charge < -0.3 is 15.5 Å². The van der Waals surface area contributed by atoms with Crippen LogP contribution in [0, 0.1) is 6.92 Å². The first-order chi connectivity index (χ1) is 14.5. The van der Waals surface area contributed by atoms with Crippen molar-refractivity contribution in [3.63, 3.8) is 0 Å². The molecule has 0 unspecified atom stereocenters. The van der Waals surface area contributed by atoms with Gasteiger partial charge in [-0.25, -0.2) is 4.79 Å². The van der Waals surface area contributed by atoms with Gasteiger partial charge in [0.15, 0.2) is 0 Å². The second kappa shape index (κ2) is 8.31. The summed E-state index contributed by atoms with van der Waals surface area (Å²) in [5.74, 6) is -2.38. The van der Waals surface area contributed by atoms with Crippen LogP contribution in [0.4, 0.5) is 18.9 Å². The fraction of sp³-hybridized carbons (Fsp3) is 0.0909. The monoisotopic (exact) mass is 449 g/mol. The molecule has 0 aromatic heterocycles. The third kappa shape index (κ3) is 4.97. The molecule has 160 valence electrons. The summed E-state index contributed by atoms with van der Waals surface area (Å²) in [6, 6.07) is 10.8. The van der Waals surface area contributed by atoms with Crippen LogP contribution in [0.2, 0.25) is 5.02 Å². The number of phenolic OH excluding ortho intramolecular Hbond substituents is 1. The normalized spacial score (nSPS) is 11.3. The Labute approximate surface area is 179 Å². The zero-order chi connectivity index (χ0) is 22.9. The first-order valence-corrected chi connectivity index (χ1v) is 9.20. The zero-order valence-electron chi connectivity index (χ0n) is 15.9. The number of halogens is 4. The van der Waals surface area contributed by atoms with Gasteiger partial charge in [-0.15, -0.1) is 0 Å².